The summed E-state index contributed by atoms with van der Waals surface area (Å²) in [6.45, 7) is 0. The van der Waals surface area contributed by atoms with Crippen molar-refractivity contribution in [3.8, 4) is 0 Å². The van der Waals surface area contributed by atoms with Crippen molar-refractivity contribution in [3.05, 3.63) is 76.2 Å². The third-order valence-electron chi connectivity index (χ3n) is 2.61. The predicted octanol–water partition coefficient (Wildman–Crippen LogP) is 3.88. The molecule has 0 N–H and O–H groups in total. The van der Waals surface area contributed by atoms with E-state index in [1.165, 1.54) is 0 Å². The fraction of sp³-hybridized carbons (Fsp3) is 0. The lowest BCUT2D eigenvalue weighted by molar-refractivity contribution is 0.104. The highest BCUT2D eigenvalue weighted by atomic mass is 35.5. The number of halogens is 1. The Balaban J connectivity index is 2.41. The molecule has 2 heteroatoms. The minimum atomic E-state index is -0.479. The van der Waals surface area contributed by atoms with Crippen LogP contribution in [-0.4, -0.2) is 5.78 Å². The molecule has 0 bridgehead atoms. The fourth-order valence-corrected chi connectivity index (χ4v) is 2.17. The largest absolute Gasteiger partial charge is 0.288 e. The highest BCUT2D eigenvalue weighted by Crippen LogP contribution is 2.38. The number of fused-ring (bicyclic) bond motifs is 1. The minimum Gasteiger partial charge on any atom is -0.288 e. The van der Waals surface area contributed by atoms with Crippen molar-refractivity contribution in [1.29, 1.82) is 0 Å². The molecule has 0 saturated heterocycles. The number of carbonyl (C=O) groups excluding carboxylic acids is 1. The van der Waals surface area contributed by atoms with Gasteiger partial charge in [-0.05, 0) is 11.1 Å². The molecule has 0 aromatic heterocycles. The molecule has 1 aliphatic rings. The summed E-state index contributed by atoms with van der Waals surface area (Å²) in [6, 6.07) is 4.51. The van der Waals surface area contributed by atoms with Crippen LogP contribution in [0.3, 0.4) is 0 Å². The molecule has 0 saturated carbocycles. The van der Waals surface area contributed by atoms with Crippen LogP contribution < -0.4 is 0 Å². The van der Waals surface area contributed by atoms with Crippen molar-refractivity contribution in [3.63, 3.8) is 0 Å². The molecular weight excluding hydrogens is 232 g/mol. The van der Waals surface area contributed by atoms with Crippen LogP contribution in [0.1, 0.15) is 28.3 Å². The highest BCUT2D eigenvalue weighted by molar-refractivity contribution is 6.51. The van der Waals surface area contributed by atoms with Crippen LogP contribution in [0.2, 0.25) is 0 Å². The molecule has 0 heterocycles. The Morgan fingerprint density at radius 1 is 1.00 bits per heavy atom. The van der Waals surface area contributed by atoms with E-state index in [0.29, 0.717) is 11.1 Å². The van der Waals surface area contributed by atoms with Crippen LogP contribution in [-0.2, 0) is 0 Å². The zero-order valence-electron chi connectivity index (χ0n) is 13.6. The second kappa shape index (κ2) is 3.86. The molecule has 1 nitrogen and oxygen atoms in total. The molecule has 0 spiro atoms. The Labute approximate surface area is 111 Å². The third-order valence-corrected chi connectivity index (χ3v) is 2.97. The van der Waals surface area contributed by atoms with Gasteiger partial charge in [-0.25, -0.2) is 0 Å². The van der Waals surface area contributed by atoms with Gasteiger partial charge < -0.3 is 0 Å². The van der Waals surface area contributed by atoms with Crippen molar-refractivity contribution in [2.75, 3.05) is 0 Å². The molecule has 0 amide bonds. The first-order valence-electron chi connectivity index (χ1n) is 7.47. The maximum absolute atomic E-state index is 12.2. The Kier molecular flexibility index (Phi) is 1.40. The van der Waals surface area contributed by atoms with E-state index in [2.05, 4.69) is 0 Å². The number of hydrogen-bond acceptors (Lipinski definition) is 1. The van der Waals surface area contributed by atoms with Crippen LogP contribution in [0.15, 0.2) is 59.5 Å². The molecule has 0 atom stereocenters. The van der Waals surface area contributed by atoms with E-state index in [1.54, 1.807) is 24.3 Å². The van der Waals surface area contributed by atoms with Gasteiger partial charge in [-0.15, -0.1) is 0 Å². The summed E-state index contributed by atoms with van der Waals surface area (Å²) < 4.78 is 39.2. The number of rotatable bonds is 1. The Morgan fingerprint density at radius 2 is 1.65 bits per heavy atom. The lowest BCUT2D eigenvalue weighted by Crippen LogP contribution is -1.92. The maximum atomic E-state index is 12.2. The first-order valence-corrected chi connectivity index (χ1v) is 5.35. The van der Waals surface area contributed by atoms with Crippen molar-refractivity contribution in [2.45, 2.75) is 0 Å². The van der Waals surface area contributed by atoms with E-state index < -0.39 is 23.9 Å². The van der Waals surface area contributed by atoms with Gasteiger partial charge in [0.2, 0.25) is 5.78 Å². The van der Waals surface area contributed by atoms with Gasteiger partial charge in [0.25, 0.3) is 0 Å². The van der Waals surface area contributed by atoms with E-state index >= 15 is 0 Å². The molecule has 0 fully saturated rings. The summed E-state index contributed by atoms with van der Waals surface area (Å²) in [5.74, 6) is -0.404. The molecule has 2 aromatic carbocycles. The van der Waals surface area contributed by atoms with E-state index in [-0.39, 0.29) is 28.3 Å². The second-order valence-electron chi connectivity index (χ2n) is 3.56. The topological polar surface area (TPSA) is 17.1 Å². The maximum Gasteiger partial charge on any atom is 0.205 e. The fourth-order valence-electron chi connectivity index (χ4n) is 1.87. The van der Waals surface area contributed by atoms with Gasteiger partial charge in [0, 0.05) is 11.1 Å². The van der Waals surface area contributed by atoms with Crippen LogP contribution in [0.5, 0.6) is 0 Å². The molecule has 3 rings (SSSR count). The Hall–Kier alpha value is -1.86. The first-order chi connectivity index (χ1) is 10.4. The molecule has 82 valence electrons. The molecule has 2 aromatic rings. The van der Waals surface area contributed by atoms with Gasteiger partial charge in [0.1, 0.15) is 0 Å². The SMILES string of the molecule is [2H]c1c([2H])c([2H])c(C2=C(Cl)C(=O)c3ccccc32)c([2H])c1[2H]. The quantitative estimate of drug-likeness (QED) is 0.745. The summed E-state index contributed by atoms with van der Waals surface area (Å²) in [4.78, 5) is 12.2. The molecule has 1 aliphatic carbocycles. The smallest absolute Gasteiger partial charge is 0.205 e. The number of Topliss-reactive ketones (excluding diaryl/α,β-unsaturated/α-hetero) is 1. The van der Waals surface area contributed by atoms with Crippen LogP contribution in [0.4, 0.5) is 0 Å². The summed E-state index contributed by atoms with van der Waals surface area (Å²) >= 11 is 6.11. The second-order valence-corrected chi connectivity index (χ2v) is 3.94. The van der Waals surface area contributed by atoms with Crippen LogP contribution in [0, 0.1) is 0 Å². The zero-order chi connectivity index (χ0) is 16.2. The van der Waals surface area contributed by atoms with Crippen molar-refractivity contribution >= 4 is 23.0 Å². The van der Waals surface area contributed by atoms with Gasteiger partial charge in [-0.1, -0.05) is 66.1 Å². The number of carbonyl (C=O) groups is 1. The average Bonchev–Trinajstić information content (AvgIpc) is 2.77. The molecule has 0 aliphatic heterocycles. The number of hydrogen-bond donors (Lipinski definition) is 0. The molecule has 17 heavy (non-hydrogen) atoms. The van der Waals surface area contributed by atoms with E-state index in [0.717, 1.165) is 0 Å². The van der Waals surface area contributed by atoms with Gasteiger partial charge in [-0.2, -0.15) is 0 Å². The summed E-state index contributed by atoms with van der Waals surface area (Å²) in [7, 11) is 0. The average molecular weight is 246 g/mol. The van der Waals surface area contributed by atoms with Gasteiger partial charge in [0.05, 0.1) is 11.9 Å². The van der Waals surface area contributed by atoms with E-state index in [9.17, 15) is 4.79 Å². The van der Waals surface area contributed by atoms with Crippen molar-refractivity contribution < 1.29 is 11.6 Å². The van der Waals surface area contributed by atoms with Crippen LogP contribution >= 0.6 is 11.6 Å². The summed E-state index contributed by atoms with van der Waals surface area (Å²) in [5, 5.41) is -0.125. The highest BCUT2D eigenvalue weighted by Gasteiger charge is 2.28. The molecule has 0 unspecified atom stereocenters. The zero-order valence-corrected chi connectivity index (χ0v) is 9.35. The van der Waals surface area contributed by atoms with Gasteiger partial charge >= 0.3 is 0 Å². The lowest BCUT2D eigenvalue weighted by atomic mass is 9.99. The Bertz CT molecular complexity index is 843. The van der Waals surface area contributed by atoms with Crippen molar-refractivity contribution in [1.82, 2.24) is 0 Å². The van der Waals surface area contributed by atoms with Crippen molar-refractivity contribution in [2.24, 2.45) is 0 Å². The summed E-state index contributed by atoms with van der Waals surface area (Å²) in [6.07, 6.45) is 0. The minimum absolute atomic E-state index is 0.0469. The van der Waals surface area contributed by atoms with E-state index in [1.807, 2.05) is 0 Å². The lowest BCUT2D eigenvalue weighted by Gasteiger charge is -2.04. The van der Waals surface area contributed by atoms with Crippen LogP contribution in [0.25, 0.3) is 5.57 Å². The monoisotopic (exact) mass is 245 g/mol. The van der Waals surface area contributed by atoms with E-state index in [4.69, 9.17) is 18.5 Å². The molecular formula is C15H9ClO. The number of allylic oxidation sites excluding steroid dienone is 1. The summed E-state index contributed by atoms with van der Waals surface area (Å²) in [5.41, 5.74) is 0.999. The van der Waals surface area contributed by atoms with Gasteiger partial charge in [0.15, 0.2) is 0 Å². The first kappa shape index (κ1) is 6.18. The predicted molar refractivity (Wildman–Crippen MR) is 69.1 cm³/mol. The Morgan fingerprint density at radius 3 is 2.35 bits per heavy atom. The third kappa shape index (κ3) is 1.51. The number of ketones is 1. The normalized spacial score (nSPS) is 18.2. The van der Waals surface area contributed by atoms with Gasteiger partial charge in [-0.3, -0.25) is 4.79 Å². The molecule has 0 radical (unpaired) electrons. The number of benzene rings is 2. The standard InChI is InChI=1S/C15H9ClO/c16-14-13(10-6-2-1-3-7-10)11-8-4-5-9-12(11)15(14)17/h1-9H/i1D,2D,3D,6D,7D.